The van der Waals surface area contributed by atoms with Crippen LogP contribution in [0, 0.1) is 11.8 Å². The molecule has 5 aromatic rings. The number of pyridine rings is 1. The summed E-state index contributed by atoms with van der Waals surface area (Å²) in [5.41, 5.74) is 2.73. The highest BCUT2D eigenvalue weighted by Gasteiger charge is 2.42. The quantitative estimate of drug-likeness (QED) is 0.327. The summed E-state index contributed by atoms with van der Waals surface area (Å²) in [7, 11) is 0. The predicted molar refractivity (Wildman–Crippen MR) is 139 cm³/mol. The van der Waals surface area contributed by atoms with Crippen LogP contribution in [-0.2, 0) is 4.79 Å². The zero-order valence-corrected chi connectivity index (χ0v) is 21.3. The van der Waals surface area contributed by atoms with Crippen molar-refractivity contribution in [1.29, 1.82) is 0 Å². The number of tetrazole rings is 1. The second-order valence-electron chi connectivity index (χ2n) is 9.54. The number of carbonyl (C=O) groups excluding carboxylic acids is 1. The van der Waals surface area contributed by atoms with E-state index in [9.17, 15) is 4.79 Å². The lowest BCUT2D eigenvalue weighted by Crippen LogP contribution is -2.39. The van der Waals surface area contributed by atoms with Crippen molar-refractivity contribution in [2.24, 2.45) is 0 Å². The van der Waals surface area contributed by atoms with Crippen LogP contribution in [0.2, 0.25) is 5.02 Å². The molecule has 2 N–H and O–H groups in total. The van der Waals surface area contributed by atoms with Gasteiger partial charge in [-0.2, -0.15) is 14.2 Å². The maximum atomic E-state index is 15.3. The minimum absolute atomic E-state index is 0.0626. The van der Waals surface area contributed by atoms with E-state index in [1.165, 1.54) is 23.2 Å². The molecular formula is C26H19ClF2N10O. The summed E-state index contributed by atoms with van der Waals surface area (Å²) in [5, 5.41) is 17.8. The number of nitrogens with zero attached hydrogens (tertiary/aromatic N) is 8. The lowest BCUT2D eigenvalue weighted by molar-refractivity contribution is -0.129. The van der Waals surface area contributed by atoms with Gasteiger partial charge in [0.1, 0.15) is 17.8 Å². The minimum Gasteiger partial charge on any atom is -0.326 e. The maximum absolute atomic E-state index is 15.3. The number of aromatic nitrogens is 9. The van der Waals surface area contributed by atoms with Crippen molar-refractivity contribution in [2.75, 3.05) is 0 Å². The molecule has 6 heterocycles. The third-order valence-corrected chi connectivity index (χ3v) is 7.55. The number of nitrogens with one attached hydrogen (secondary N) is 2. The Morgan fingerprint density at radius 1 is 1.05 bits per heavy atom. The largest absolute Gasteiger partial charge is 0.326 e. The first-order chi connectivity index (χ1) is 19.5. The van der Waals surface area contributed by atoms with E-state index in [4.69, 9.17) is 11.6 Å². The smallest absolute Gasteiger partial charge is 0.247 e. The fraction of sp³-hybridized carbons (Fsp3) is 0.192. The van der Waals surface area contributed by atoms with Gasteiger partial charge in [0.15, 0.2) is 5.82 Å². The molecule has 2 aliphatic rings. The molecule has 1 aromatic carbocycles. The number of fused-ring (bicyclic) bond motifs is 1. The summed E-state index contributed by atoms with van der Waals surface area (Å²) in [6.45, 7) is 0. The predicted octanol–water partition coefficient (Wildman–Crippen LogP) is 4.29. The number of hydrogen-bond acceptors (Lipinski definition) is 7. The molecule has 11 nitrogen and oxygen atoms in total. The topological polar surface area (TPSA) is 134 Å². The van der Waals surface area contributed by atoms with Crippen molar-refractivity contribution in [1.82, 2.24) is 50.3 Å². The number of carbonyl (C=O) groups is 1. The van der Waals surface area contributed by atoms with Crippen LogP contribution in [0.15, 0.2) is 55.0 Å². The third kappa shape index (κ3) is 3.97. The van der Waals surface area contributed by atoms with Gasteiger partial charge in [-0.1, -0.05) is 17.7 Å². The number of hydrogen-bond donors (Lipinski definition) is 2. The second kappa shape index (κ2) is 9.45. The number of H-pyrrole nitrogens is 2. The van der Waals surface area contributed by atoms with E-state index in [0.29, 0.717) is 53.4 Å². The molecule has 0 aliphatic carbocycles. The second-order valence-corrected chi connectivity index (χ2v) is 9.95. The molecular weight excluding hydrogens is 542 g/mol. The first-order valence-electron chi connectivity index (χ1n) is 12.4. The Labute approximate surface area is 229 Å². The summed E-state index contributed by atoms with van der Waals surface area (Å²) in [6, 6.07) is 9.29. The van der Waals surface area contributed by atoms with Crippen LogP contribution >= 0.6 is 11.6 Å². The van der Waals surface area contributed by atoms with Crippen LogP contribution in [-0.4, -0.2) is 62.2 Å². The van der Waals surface area contributed by atoms with Crippen LogP contribution in [0.4, 0.5) is 8.78 Å². The fourth-order valence-electron chi connectivity index (χ4n) is 5.52. The molecule has 1 amide bonds. The molecule has 14 heteroatoms. The van der Waals surface area contributed by atoms with E-state index >= 15 is 8.78 Å². The highest BCUT2D eigenvalue weighted by atomic mass is 35.5. The van der Waals surface area contributed by atoms with Gasteiger partial charge in [-0.15, -0.1) is 5.10 Å². The summed E-state index contributed by atoms with van der Waals surface area (Å²) in [6.07, 6.45) is 5.91. The number of halogens is 3. The highest BCUT2D eigenvalue weighted by molar-refractivity contribution is 6.31. The summed E-state index contributed by atoms with van der Waals surface area (Å²) >= 11 is 6.11. The average Bonchev–Trinajstić information content (AvgIpc) is 3.77. The Hall–Kier alpha value is -4.78. The van der Waals surface area contributed by atoms with Gasteiger partial charge in [-0.05, 0) is 65.6 Å². The van der Waals surface area contributed by atoms with Crippen molar-refractivity contribution in [3.8, 4) is 28.5 Å². The van der Waals surface area contributed by atoms with E-state index in [1.54, 1.807) is 41.4 Å². The van der Waals surface area contributed by atoms with E-state index in [2.05, 4.69) is 40.7 Å². The molecule has 2 atom stereocenters. The Bertz CT molecular complexity index is 1770. The lowest BCUT2D eigenvalue weighted by Gasteiger charge is -2.33. The minimum atomic E-state index is -0.653. The molecule has 0 bridgehead atoms. The number of aromatic amines is 2. The van der Waals surface area contributed by atoms with Gasteiger partial charge in [0.2, 0.25) is 11.9 Å². The van der Waals surface area contributed by atoms with E-state index in [0.717, 1.165) is 0 Å². The molecule has 7 rings (SSSR count). The zero-order valence-electron chi connectivity index (χ0n) is 20.6. The first kappa shape index (κ1) is 24.3. The van der Waals surface area contributed by atoms with Gasteiger partial charge in [-0.3, -0.25) is 9.89 Å². The van der Waals surface area contributed by atoms with Gasteiger partial charge >= 0.3 is 0 Å². The van der Waals surface area contributed by atoms with E-state index < -0.39 is 17.8 Å². The maximum Gasteiger partial charge on any atom is 0.247 e. The first-order valence-corrected chi connectivity index (χ1v) is 12.8. The molecule has 40 heavy (non-hydrogen) atoms. The summed E-state index contributed by atoms with van der Waals surface area (Å²) in [4.78, 5) is 26.9. The molecule has 2 aliphatic heterocycles. The molecule has 1 saturated heterocycles. The van der Waals surface area contributed by atoms with Crippen molar-refractivity contribution in [3.05, 3.63) is 83.2 Å². The number of imidazole rings is 1. The number of amides is 1. The molecule has 200 valence electrons. The molecule has 4 aromatic heterocycles. The zero-order chi connectivity index (χ0) is 27.4. The molecule has 0 spiro atoms. The molecule has 0 saturated carbocycles. The van der Waals surface area contributed by atoms with Crippen molar-refractivity contribution in [3.63, 3.8) is 0 Å². The monoisotopic (exact) mass is 560 g/mol. The van der Waals surface area contributed by atoms with Crippen LogP contribution in [0.3, 0.4) is 0 Å². The van der Waals surface area contributed by atoms with Gasteiger partial charge in [0, 0.05) is 23.9 Å². The summed E-state index contributed by atoms with van der Waals surface area (Å²) < 4.78 is 31.8. The van der Waals surface area contributed by atoms with Gasteiger partial charge in [0.05, 0.1) is 33.8 Å². The lowest BCUT2D eigenvalue weighted by atomic mass is 9.92. The Balaban J connectivity index is 1.21. The normalized spacial score (nSPS) is 18.7. The Morgan fingerprint density at radius 3 is 2.73 bits per heavy atom. The Kier molecular flexibility index (Phi) is 5.73. The van der Waals surface area contributed by atoms with Gasteiger partial charge in [0.25, 0.3) is 0 Å². The third-order valence-electron chi connectivity index (χ3n) is 7.26. The number of benzene rings is 1. The van der Waals surface area contributed by atoms with Crippen LogP contribution in [0.5, 0.6) is 0 Å². The molecule has 1 unspecified atom stereocenters. The highest BCUT2D eigenvalue weighted by Crippen LogP contribution is 2.44. The van der Waals surface area contributed by atoms with Crippen molar-refractivity contribution >= 4 is 23.1 Å². The SMILES string of the molecule is O=C1C=C(c2c(-n3cnnn3)ccc(Cl)c2F)CC2CC[C@@H](c3nc(-c4cccc(-c5ccn[nH]5)n4)c(F)[nH]3)N12. The van der Waals surface area contributed by atoms with Gasteiger partial charge < -0.3 is 9.88 Å². The van der Waals surface area contributed by atoms with Gasteiger partial charge in [-0.25, -0.2) is 14.4 Å². The molecule has 0 radical (unpaired) electrons. The van der Waals surface area contributed by atoms with Crippen LogP contribution in [0.25, 0.3) is 34.0 Å². The standard InChI is InChI=1S/C26H19ClF2N10O/c27-15-5-7-19(38-12-31-36-37-38)22(23(15)28)13-10-14-4-6-20(39(14)21(40)11-13)26-33-24(25(29)34-26)18-3-1-2-16(32-18)17-8-9-30-35-17/h1-3,5,7-9,11-12,14,20H,4,6,10H2,(H,30,35)(H,33,34)/t14?,20-/m0/s1. The fourth-order valence-corrected chi connectivity index (χ4v) is 5.67. The van der Waals surface area contributed by atoms with E-state index in [1.807, 2.05) is 0 Å². The number of rotatable bonds is 5. The summed E-state index contributed by atoms with van der Waals surface area (Å²) in [5.74, 6) is -1.29. The van der Waals surface area contributed by atoms with Crippen LogP contribution < -0.4 is 0 Å². The Morgan fingerprint density at radius 2 is 1.93 bits per heavy atom. The van der Waals surface area contributed by atoms with E-state index in [-0.39, 0.29) is 28.2 Å². The van der Waals surface area contributed by atoms with Crippen molar-refractivity contribution in [2.45, 2.75) is 31.3 Å². The van der Waals surface area contributed by atoms with Crippen LogP contribution in [0.1, 0.15) is 36.7 Å². The average molecular weight is 561 g/mol. The van der Waals surface area contributed by atoms with Crippen molar-refractivity contribution < 1.29 is 13.6 Å². The molecule has 1 fully saturated rings.